The van der Waals surface area contributed by atoms with E-state index < -0.39 is 9.84 Å². The molecule has 2 heterocycles. The number of nitrogens with zero attached hydrogens (tertiary/aromatic N) is 2. The lowest BCUT2D eigenvalue weighted by atomic mass is 10.1. The van der Waals surface area contributed by atoms with Crippen molar-refractivity contribution in [2.24, 2.45) is 0 Å². The summed E-state index contributed by atoms with van der Waals surface area (Å²) in [6.07, 6.45) is 1.68. The van der Waals surface area contributed by atoms with E-state index in [1.54, 1.807) is 0 Å². The standard InChI is InChI=1S/C15H16ClN3O3S/c16-15-18-12-2-1-9-23(21,22)13(12)14(19-15)17-11-5-3-10(4-6-11)7-8-20/h3-6,20H,1-2,7-9H2,(H,17,18,19). The summed E-state index contributed by atoms with van der Waals surface area (Å²) in [7, 11) is -3.41. The van der Waals surface area contributed by atoms with Gasteiger partial charge in [-0.2, -0.15) is 4.98 Å². The van der Waals surface area contributed by atoms with Crippen LogP contribution in [0.5, 0.6) is 0 Å². The molecule has 122 valence electrons. The minimum Gasteiger partial charge on any atom is -0.396 e. The van der Waals surface area contributed by atoms with Crippen LogP contribution in [0.25, 0.3) is 0 Å². The number of aliphatic hydroxyl groups excluding tert-OH is 1. The van der Waals surface area contributed by atoms with E-state index in [0.29, 0.717) is 30.6 Å². The molecule has 0 amide bonds. The number of nitrogens with one attached hydrogen (secondary N) is 1. The quantitative estimate of drug-likeness (QED) is 0.818. The maximum absolute atomic E-state index is 12.3. The van der Waals surface area contributed by atoms with Gasteiger partial charge in [0.25, 0.3) is 0 Å². The molecule has 0 atom stereocenters. The van der Waals surface area contributed by atoms with Gasteiger partial charge in [0.1, 0.15) is 4.90 Å². The first-order chi connectivity index (χ1) is 11.0. The molecule has 0 unspecified atom stereocenters. The Balaban J connectivity index is 1.98. The van der Waals surface area contributed by atoms with Gasteiger partial charge in [0.15, 0.2) is 15.7 Å². The molecule has 0 spiro atoms. The lowest BCUT2D eigenvalue weighted by Crippen LogP contribution is -2.20. The van der Waals surface area contributed by atoms with Crippen molar-refractivity contribution in [1.82, 2.24) is 9.97 Å². The fourth-order valence-electron chi connectivity index (χ4n) is 2.60. The molecule has 1 aliphatic heterocycles. The van der Waals surface area contributed by atoms with Gasteiger partial charge in [0.2, 0.25) is 5.28 Å². The molecule has 1 aliphatic rings. The molecular formula is C15H16ClN3O3S. The fraction of sp³-hybridized carbons (Fsp3) is 0.333. The van der Waals surface area contributed by atoms with Gasteiger partial charge in [-0.1, -0.05) is 12.1 Å². The minimum atomic E-state index is -3.41. The van der Waals surface area contributed by atoms with Gasteiger partial charge in [-0.15, -0.1) is 0 Å². The van der Waals surface area contributed by atoms with Crippen LogP contribution in [0.2, 0.25) is 5.28 Å². The Morgan fingerprint density at radius 2 is 1.96 bits per heavy atom. The molecule has 1 aromatic heterocycles. The number of hydrogen-bond donors (Lipinski definition) is 2. The van der Waals surface area contributed by atoms with E-state index in [9.17, 15) is 8.42 Å². The number of fused-ring (bicyclic) bond motifs is 1. The fourth-order valence-corrected chi connectivity index (χ4v) is 4.41. The largest absolute Gasteiger partial charge is 0.396 e. The van der Waals surface area contributed by atoms with Crippen LogP contribution in [0.15, 0.2) is 29.2 Å². The molecule has 2 aromatic rings. The van der Waals surface area contributed by atoms with Gasteiger partial charge in [-0.25, -0.2) is 13.4 Å². The number of rotatable bonds is 4. The number of aryl methyl sites for hydroxylation is 1. The third-order valence-electron chi connectivity index (χ3n) is 3.66. The molecule has 2 N–H and O–H groups in total. The number of aromatic nitrogens is 2. The highest BCUT2D eigenvalue weighted by molar-refractivity contribution is 7.91. The number of halogens is 1. The second-order valence-electron chi connectivity index (χ2n) is 5.34. The zero-order valence-corrected chi connectivity index (χ0v) is 13.9. The number of anilines is 2. The normalized spacial score (nSPS) is 15.9. The molecule has 23 heavy (non-hydrogen) atoms. The number of hydrogen-bond acceptors (Lipinski definition) is 6. The predicted octanol–water partition coefficient (Wildman–Crippen LogP) is 2.13. The summed E-state index contributed by atoms with van der Waals surface area (Å²) < 4.78 is 24.7. The van der Waals surface area contributed by atoms with Gasteiger partial charge in [-0.3, -0.25) is 0 Å². The third kappa shape index (κ3) is 3.46. The molecule has 6 nitrogen and oxygen atoms in total. The Kier molecular flexibility index (Phi) is 4.52. The highest BCUT2D eigenvalue weighted by Gasteiger charge is 2.29. The van der Waals surface area contributed by atoms with Gasteiger partial charge in [0, 0.05) is 12.3 Å². The van der Waals surface area contributed by atoms with Crippen LogP contribution in [0.4, 0.5) is 11.5 Å². The maximum Gasteiger partial charge on any atom is 0.224 e. The molecule has 0 saturated carbocycles. The summed E-state index contributed by atoms with van der Waals surface area (Å²) in [5.74, 6) is 0.310. The van der Waals surface area contributed by atoms with E-state index >= 15 is 0 Å². The summed E-state index contributed by atoms with van der Waals surface area (Å²) >= 11 is 5.92. The molecule has 3 rings (SSSR count). The Morgan fingerprint density at radius 1 is 1.22 bits per heavy atom. The van der Waals surface area contributed by atoms with Crippen LogP contribution in [-0.2, 0) is 22.7 Å². The molecule has 0 saturated heterocycles. The SMILES string of the molecule is O=S1(=O)CCCc2nc(Cl)nc(Nc3ccc(CCO)cc3)c21. The van der Waals surface area contributed by atoms with E-state index in [2.05, 4.69) is 15.3 Å². The molecule has 0 aliphatic carbocycles. The summed E-state index contributed by atoms with van der Waals surface area (Å²) in [6, 6.07) is 7.34. The predicted molar refractivity (Wildman–Crippen MR) is 87.9 cm³/mol. The average Bonchev–Trinajstić information content (AvgIpc) is 2.48. The zero-order valence-electron chi connectivity index (χ0n) is 12.3. The first-order valence-electron chi connectivity index (χ1n) is 7.25. The number of aliphatic hydroxyl groups is 1. The van der Waals surface area contributed by atoms with Crippen LogP contribution < -0.4 is 5.32 Å². The number of benzene rings is 1. The second kappa shape index (κ2) is 6.43. The van der Waals surface area contributed by atoms with Crippen molar-refractivity contribution < 1.29 is 13.5 Å². The van der Waals surface area contributed by atoms with Gasteiger partial charge >= 0.3 is 0 Å². The first kappa shape index (κ1) is 16.2. The van der Waals surface area contributed by atoms with E-state index in [1.807, 2.05) is 24.3 Å². The number of sulfone groups is 1. The van der Waals surface area contributed by atoms with E-state index in [0.717, 1.165) is 5.56 Å². The molecule has 8 heteroatoms. The van der Waals surface area contributed by atoms with Crippen molar-refractivity contribution in [2.45, 2.75) is 24.2 Å². The van der Waals surface area contributed by atoms with Crippen molar-refractivity contribution in [1.29, 1.82) is 0 Å². The lowest BCUT2D eigenvalue weighted by molar-refractivity contribution is 0.299. The van der Waals surface area contributed by atoms with Crippen LogP contribution in [0, 0.1) is 0 Å². The summed E-state index contributed by atoms with van der Waals surface area (Å²) in [4.78, 5) is 8.26. The van der Waals surface area contributed by atoms with Crippen LogP contribution in [0.3, 0.4) is 0 Å². The Labute approximate surface area is 139 Å². The maximum atomic E-state index is 12.3. The van der Waals surface area contributed by atoms with Crippen LogP contribution in [-0.4, -0.2) is 35.9 Å². The summed E-state index contributed by atoms with van der Waals surface area (Å²) in [5.41, 5.74) is 2.16. The Morgan fingerprint density at radius 3 is 2.65 bits per heavy atom. The first-order valence-corrected chi connectivity index (χ1v) is 9.28. The van der Waals surface area contributed by atoms with E-state index in [1.165, 1.54) is 0 Å². The second-order valence-corrected chi connectivity index (χ2v) is 7.72. The van der Waals surface area contributed by atoms with Crippen molar-refractivity contribution in [3.05, 3.63) is 40.8 Å². The average molecular weight is 354 g/mol. The topological polar surface area (TPSA) is 92.2 Å². The molecule has 0 bridgehead atoms. The monoisotopic (exact) mass is 353 g/mol. The van der Waals surface area contributed by atoms with E-state index in [-0.39, 0.29) is 28.4 Å². The van der Waals surface area contributed by atoms with Crippen molar-refractivity contribution in [2.75, 3.05) is 17.7 Å². The smallest absolute Gasteiger partial charge is 0.224 e. The Bertz CT molecular complexity index is 823. The third-order valence-corrected chi connectivity index (χ3v) is 5.71. The summed E-state index contributed by atoms with van der Waals surface area (Å²) in [5, 5.41) is 12.0. The Hall–Kier alpha value is -1.70. The van der Waals surface area contributed by atoms with Crippen molar-refractivity contribution in [3.8, 4) is 0 Å². The molecule has 1 aromatic carbocycles. The molecular weight excluding hydrogens is 338 g/mol. The van der Waals surface area contributed by atoms with Crippen molar-refractivity contribution in [3.63, 3.8) is 0 Å². The van der Waals surface area contributed by atoms with Gasteiger partial charge in [-0.05, 0) is 48.6 Å². The van der Waals surface area contributed by atoms with Crippen LogP contribution in [0.1, 0.15) is 17.7 Å². The molecule has 0 radical (unpaired) electrons. The zero-order chi connectivity index (χ0) is 16.4. The molecule has 0 fully saturated rings. The van der Waals surface area contributed by atoms with Gasteiger partial charge < -0.3 is 10.4 Å². The lowest BCUT2D eigenvalue weighted by Gasteiger charge is -2.19. The van der Waals surface area contributed by atoms with Crippen LogP contribution >= 0.6 is 11.6 Å². The van der Waals surface area contributed by atoms with Crippen molar-refractivity contribution >= 4 is 32.9 Å². The highest BCUT2D eigenvalue weighted by Crippen LogP contribution is 2.32. The minimum absolute atomic E-state index is 0.0280. The van der Waals surface area contributed by atoms with Gasteiger partial charge in [0.05, 0.1) is 11.4 Å². The summed E-state index contributed by atoms with van der Waals surface area (Å²) in [6.45, 7) is 0.0834. The highest BCUT2D eigenvalue weighted by atomic mass is 35.5. The van der Waals surface area contributed by atoms with E-state index in [4.69, 9.17) is 16.7 Å².